The van der Waals surface area contributed by atoms with Crippen LogP contribution in [0.2, 0.25) is 0 Å². The Bertz CT molecular complexity index is 542. The summed E-state index contributed by atoms with van der Waals surface area (Å²) in [6.07, 6.45) is 2.21. The zero-order valence-corrected chi connectivity index (χ0v) is 12.1. The van der Waals surface area contributed by atoms with Crippen LogP contribution in [0.1, 0.15) is 24.6 Å². The van der Waals surface area contributed by atoms with Crippen molar-refractivity contribution in [1.29, 1.82) is 0 Å². The molecule has 0 aliphatic carbocycles. The zero-order valence-electron chi connectivity index (χ0n) is 11.3. The van der Waals surface area contributed by atoms with Gasteiger partial charge in [0.1, 0.15) is 11.4 Å². The van der Waals surface area contributed by atoms with Gasteiger partial charge in [-0.3, -0.25) is 0 Å². The number of nitrogen functional groups attached to an aromatic ring is 1. The Hall–Kier alpha value is -1.40. The minimum Gasteiger partial charge on any atom is -0.475 e. The minimum absolute atomic E-state index is 0.247. The largest absolute Gasteiger partial charge is 0.475 e. The van der Waals surface area contributed by atoms with Gasteiger partial charge in [-0.15, -0.1) is 11.3 Å². The van der Waals surface area contributed by atoms with Gasteiger partial charge in [-0.1, -0.05) is 13.3 Å². The number of nitrogens with two attached hydrogens (primary N) is 1. The summed E-state index contributed by atoms with van der Waals surface area (Å²) in [5, 5.41) is 0.922. The van der Waals surface area contributed by atoms with Gasteiger partial charge in [-0.05, 0) is 19.4 Å². The molecule has 0 aromatic carbocycles. The van der Waals surface area contributed by atoms with E-state index in [1.807, 2.05) is 13.0 Å². The number of anilines is 1. The van der Waals surface area contributed by atoms with Crippen molar-refractivity contribution in [1.82, 2.24) is 9.97 Å². The van der Waals surface area contributed by atoms with E-state index in [1.54, 1.807) is 11.3 Å². The van der Waals surface area contributed by atoms with Gasteiger partial charge in [-0.2, -0.15) is 4.98 Å². The van der Waals surface area contributed by atoms with Gasteiger partial charge >= 0.3 is 0 Å². The van der Waals surface area contributed by atoms with Crippen molar-refractivity contribution in [2.24, 2.45) is 0 Å². The number of hydrogen-bond acceptors (Lipinski definition) is 6. The Balaban J connectivity index is 1.96. The molecule has 104 valence electrons. The lowest BCUT2D eigenvalue weighted by Gasteiger charge is -2.07. The first-order valence-electron chi connectivity index (χ1n) is 6.45. The normalized spacial score (nSPS) is 11.1. The Kier molecular flexibility index (Phi) is 4.93. The van der Waals surface area contributed by atoms with Crippen LogP contribution in [-0.2, 0) is 4.74 Å². The fraction of sp³-hybridized carbons (Fsp3) is 0.538. The highest BCUT2D eigenvalue weighted by atomic mass is 32.1. The molecule has 0 bridgehead atoms. The number of hydrogen-bond donors (Lipinski definition) is 1. The fourth-order valence-corrected chi connectivity index (χ4v) is 2.56. The van der Waals surface area contributed by atoms with Crippen LogP contribution in [0.4, 0.5) is 5.95 Å². The third kappa shape index (κ3) is 3.78. The summed E-state index contributed by atoms with van der Waals surface area (Å²) in [5.41, 5.74) is 5.68. The number of thiophene rings is 1. The zero-order chi connectivity index (χ0) is 13.7. The lowest BCUT2D eigenvalue weighted by molar-refractivity contribution is 0.0971. The predicted molar refractivity (Wildman–Crippen MR) is 77.8 cm³/mol. The number of aromatic nitrogens is 2. The standard InChI is InChI=1S/C13H19N3O2S/c1-3-4-5-17-6-7-18-11-10-8-9(2)19-12(10)16-13(14)15-11/h8H,3-7H2,1-2H3,(H2,14,15,16). The smallest absolute Gasteiger partial charge is 0.227 e. The number of fused-ring (bicyclic) bond motifs is 1. The highest BCUT2D eigenvalue weighted by Gasteiger charge is 2.10. The first-order valence-corrected chi connectivity index (χ1v) is 7.26. The van der Waals surface area contributed by atoms with Crippen LogP contribution < -0.4 is 10.5 Å². The fourth-order valence-electron chi connectivity index (χ4n) is 1.69. The van der Waals surface area contributed by atoms with Crippen LogP contribution in [-0.4, -0.2) is 29.8 Å². The average molecular weight is 281 g/mol. The summed E-state index contributed by atoms with van der Waals surface area (Å²) in [5.74, 6) is 0.794. The molecule has 0 aliphatic heterocycles. The lowest BCUT2D eigenvalue weighted by atomic mass is 10.3. The van der Waals surface area contributed by atoms with Gasteiger partial charge in [0.05, 0.1) is 12.0 Å². The van der Waals surface area contributed by atoms with Crippen molar-refractivity contribution >= 4 is 27.5 Å². The van der Waals surface area contributed by atoms with E-state index in [9.17, 15) is 0 Å². The molecule has 6 heteroatoms. The van der Waals surface area contributed by atoms with E-state index in [-0.39, 0.29) is 5.95 Å². The summed E-state index contributed by atoms with van der Waals surface area (Å²) < 4.78 is 11.1. The molecule has 2 aromatic rings. The van der Waals surface area contributed by atoms with Crippen molar-refractivity contribution in [3.63, 3.8) is 0 Å². The Labute approximate surface area is 116 Å². The number of nitrogens with zero attached hydrogens (tertiary/aromatic N) is 2. The minimum atomic E-state index is 0.247. The van der Waals surface area contributed by atoms with E-state index in [4.69, 9.17) is 15.2 Å². The first-order chi connectivity index (χ1) is 9.20. The van der Waals surface area contributed by atoms with Crippen molar-refractivity contribution in [3.8, 4) is 5.88 Å². The van der Waals surface area contributed by atoms with E-state index in [0.29, 0.717) is 19.1 Å². The molecule has 0 unspecified atom stereocenters. The quantitative estimate of drug-likeness (QED) is 0.790. The molecule has 0 atom stereocenters. The van der Waals surface area contributed by atoms with E-state index >= 15 is 0 Å². The molecule has 2 N–H and O–H groups in total. The van der Waals surface area contributed by atoms with Gasteiger partial charge in [0.15, 0.2) is 0 Å². The molecule has 2 aromatic heterocycles. The second-order valence-electron chi connectivity index (χ2n) is 4.28. The highest BCUT2D eigenvalue weighted by Crippen LogP contribution is 2.30. The average Bonchev–Trinajstić information content (AvgIpc) is 2.73. The second-order valence-corrected chi connectivity index (χ2v) is 5.51. The Morgan fingerprint density at radius 1 is 1.26 bits per heavy atom. The summed E-state index contributed by atoms with van der Waals surface area (Å²) in [6.45, 7) is 5.98. The Morgan fingerprint density at radius 2 is 2.11 bits per heavy atom. The van der Waals surface area contributed by atoms with E-state index in [1.165, 1.54) is 4.88 Å². The number of ether oxygens (including phenoxy) is 2. The van der Waals surface area contributed by atoms with Crippen LogP contribution in [0.3, 0.4) is 0 Å². The van der Waals surface area contributed by atoms with E-state index in [2.05, 4.69) is 16.9 Å². The van der Waals surface area contributed by atoms with Gasteiger partial charge < -0.3 is 15.2 Å². The number of aryl methyl sites for hydroxylation is 1. The second kappa shape index (κ2) is 6.68. The molecule has 0 saturated heterocycles. The molecular formula is C13H19N3O2S. The maximum atomic E-state index is 5.68. The highest BCUT2D eigenvalue weighted by molar-refractivity contribution is 7.18. The molecule has 2 rings (SSSR count). The van der Waals surface area contributed by atoms with Gasteiger partial charge in [0.25, 0.3) is 0 Å². The van der Waals surface area contributed by atoms with Crippen LogP contribution in [0.15, 0.2) is 6.07 Å². The molecule has 0 amide bonds. The molecular weight excluding hydrogens is 262 g/mol. The van der Waals surface area contributed by atoms with Crippen LogP contribution in [0.5, 0.6) is 5.88 Å². The van der Waals surface area contributed by atoms with Crippen molar-refractivity contribution < 1.29 is 9.47 Å². The molecule has 5 nitrogen and oxygen atoms in total. The Morgan fingerprint density at radius 3 is 2.89 bits per heavy atom. The van der Waals surface area contributed by atoms with E-state index < -0.39 is 0 Å². The molecule has 0 fully saturated rings. The maximum absolute atomic E-state index is 5.68. The summed E-state index contributed by atoms with van der Waals surface area (Å²) in [7, 11) is 0. The van der Waals surface area contributed by atoms with E-state index in [0.717, 1.165) is 29.7 Å². The van der Waals surface area contributed by atoms with Crippen molar-refractivity contribution in [2.45, 2.75) is 26.7 Å². The van der Waals surface area contributed by atoms with Crippen LogP contribution in [0, 0.1) is 6.92 Å². The molecule has 19 heavy (non-hydrogen) atoms. The predicted octanol–water partition coefficient (Wildman–Crippen LogP) is 2.78. The monoisotopic (exact) mass is 281 g/mol. The van der Waals surface area contributed by atoms with Gasteiger partial charge in [0.2, 0.25) is 11.8 Å². The molecule has 0 saturated carbocycles. The summed E-state index contributed by atoms with van der Waals surface area (Å²) in [6, 6.07) is 2.02. The molecule has 0 spiro atoms. The molecule has 2 heterocycles. The van der Waals surface area contributed by atoms with Crippen molar-refractivity contribution in [2.75, 3.05) is 25.6 Å². The summed E-state index contributed by atoms with van der Waals surface area (Å²) in [4.78, 5) is 10.4. The maximum Gasteiger partial charge on any atom is 0.227 e. The number of rotatable bonds is 7. The summed E-state index contributed by atoms with van der Waals surface area (Å²) >= 11 is 1.59. The third-order valence-electron chi connectivity index (χ3n) is 2.61. The lowest BCUT2D eigenvalue weighted by Crippen LogP contribution is -2.09. The van der Waals surface area contributed by atoms with Crippen LogP contribution >= 0.6 is 11.3 Å². The van der Waals surface area contributed by atoms with Gasteiger partial charge in [0, 0.05) is 11.5 Å². The molecule has 0 radical (unpaired) electrons. The van der Waals surface area contributed by atoms with Gasteiger partial charge in [-0.25, -0.2) is 4.98 Å². The van der Waals surface area contributed by atoms with Crippen LogP contribution in [0.25, 0.3) is 10.2 Å². The number of unbranched alkanes of at least 4 members (excludes halogenated alkanes) is 1. The molecule has 0 aliphatic rings. The first kappa shape index (κ1) is 14.0. The topological polar surface area (TPSA) is 70.3 Å². The third-order valence-corrected chi connectivity index (χ3v) is 3.55. The van der Waals surface area contributed by atoms with Crippen molar-refractivity contribution in [3.05, 3.63) is 10.9 Å². The SMILES string of the molecule is CCCCOCCOc1nc(N)nc2sc(C)cc12.